The summed E-state index contributed by atoms with van der Waals surface area (Å²) >= 11 is 0. The lowest BCUT2D eigenvalue weighted by Crippen LogP contribution is -2.46. The lowest BCUT2D eigenvalue weighted by molar-refractivity contribution is 0.0986. The molecule has 2 aliphatic rings. The van der Waals surface area contributed by atoms with Crippen LogP contribution in [0.25, 0.3) is 0 Å². The van der Waals surface area contributed by atoms with Crippen LogP contribution in [0.1, 0.15) is 32.4 Å². The minimum Gasteiger partial charge on any atom is -0.370 e. The van der Waals surface area contributed by atoms with Gasteiger partial charge in [0.15, 0.2) is 11.9 Å². The summed E-state index contributed by atoms with van der Waals surface area (Å²) in [7, 11) is 3.61. The number of aromatic nitrogens is 2. The zero-order valence-corrected chi connectivity index (χ0v) is 16.1. The molecule has 2 amide bonds. The number of anilines is 2. The fourth-order valence-electron chi connectivity index (χ4n) is 3.93. The van der Waals surface area contributed by atoms with Gasteiger partial charge in [0, 0.05) is 14.1 Å². The normalized spacial score (nSPS) is 14.1. The number of nitrogens with two attached hydrogens (primary N) is 4. The molecule has 0 atom stereocenters. The Hall–Kier alpha value is -3.96. The van der Waals surface area contributed by atoms with E-state index in [1.807, 2.05) is 0 Å². The van der Waals surface area contributed by atoms with E-state index in [1.165, 1.54) is 0 Å². The second-order valence-electron chi connectivity index (χ2n) is 7.06. The Morgan fingerprint density at radius 1 is 0.793 bits per heavy atom. The van der Waals surface area contributed by atoms with Crippen LogP contribution in [0.15, 0.2) is 22.1 Å². The third kappa shape index (κ3) is 2.85. The molecule has 29 heavy (non-hydrogen) atoms. The molecule has 12 nitrogen and oxygen atoms in total. The highest BCUT2D eigenvalue weighted by Gasteiger charge is 2.35. The third-order valence-electron chi connectivity index (χ3n) is 5.27. The van der Waals surface area contributed by atoms with E-state index in [0.29, 0.717) is 31.1 Å². The second kappa shape index (κ2) is 6.29. The van der Waals surface area contributed by atoms with E-state index in [2.05, 4.69) is 19.8 Å². The van der Waals surface area contributed by atoms with Gasteiger partial charge < -0.3 is 41.9 Å². The monoisotopic (exact) mass is 398 g/mol. The van der Waals surface area contributed by atoms with Crippen molar-refractivity contribution in [2.45, 2.75) is 13.1 Å². The maximum absolute atomic E-state index is 12.3. The van der Waals surface area contributed by atoms with Gasteiger partial charge in [-0.3, -0.25) is 9.59 Å². The molecule has 0 aromatic carbocycles. The van der Waals surface area contributed by atoms with Crippen LogP contribution in [-0.2, 0) is 27.2 Å². The molecule has 0 radical (unpaired) electrons. The number of amides is 2. The van der Waals surface area contributed by atoms with Gasteiger partial charge in [-0.25, -0.2) is 0 Å². The molecule has 2 aromatic heterocycles. The van der Waals surface area contributed by atoms with E-state index >= 15 is 0 Å². The summed E-state index contributed by atoms with van der Waals surface area (Å²) in [5.74, 6) is -1.53. The van der Waals surface area contributed by atoms with Crippen molar-refractivity contribution < 1.29 is 9.59 Å². The predicted molar refractivity (Wildman–Crippen MR) is 108 cm³/mol. The molecule has 0 unspecified atom stereocenters. The molecule has 0 aliphatic carbocycles. The number of nitrogens with zero attached hydrogens (tertiary/aromatic N) is 6. The van der Waals surface area contributed by atoms with E-state index in [9.17, 15) is 9.59 Å². The van der Waals surface area contributed by atoms with Gasteiger partial charge in [0.25, 0.3) is 11.8 Å². The molecule has 0 saturated heterocycles. The number of fused-ring (bicyclic) bond motifs is 6. The molecular formula is C17H22N10O2. The lowest BCUT2D eigenvalue weighted by Gasteiger charge is -2.42. The average molecular weight is 398 g/mol. The molecule has 12 heteroatoms. The summed E-state index contributed by atoms with van der Waals surface area (Å²) in [6.07, 6.45) is 0. The Kier molecular flexibility index (Phi) is 3.99. The highest BCUT2D eigenvalue weighted by Crippen LogP contribution is 2.40. The van der Waals surface area contributed by atoms with Crippen LogP contribution in [-0.4, -0.2) is 39.5 Å². The predicted octanol–water partition coefficient (Wildman–Crippen LogP) is -1.51. The number of carbonyl (C=O) groups excluding carboxylic acids is 2. The summed E-state index contributed by atoms with van der Waals surface area (Å²) in [6.45, 7) is 1.74. The molecular weight excluding hydrogens is 376 g/mol. The summed E-state index contributed by atoms with van der Waals surface area (Å²) < 4.78 is 3.59. The zero-order chi connectivity index (χ0) is 21.0. The Labute approximate surface area is 166 Å². The summed E-state index contributed by atoms with van der Waals surface area (Å²) in [5, 5.41) is 0. The van der Waals surface area contributed by atoms with Crippen molar-refractivity contribution in [2.24, 2.45) is 47.0 Å². The Morgan fingerprint density at radius 2 is 1.17 bits per heavy atom. The van der Waals surface area contributed by atoms with Gasteiger partial charge in [0.1, 0.15) is 11.4 Å². The minimum atomic E-state index is -0.490. The number of guanidine groups is 2. The van der Waals surface area contributed by atoms with Crippen molar-refractivity contribution in [3.63, 3.8) is 0 Å². The first-order valence-corrected chi connectivity index (χ1v) is 8.82. The standard InChI is InChI=1S/C17H22N10O2/c1-24-10(14(28)22-16(18)19)3-8-12(24)5-26-7-27(8)6-13-9(26)4-11(25(13)2)15(29)23-17(20)21/h3-4H,5-7H2,1-2H3,(H4,18,19,22,28)(H4,20,21,23,29). The van der Waals surface area contributed by atoms with Crippen LogP contribution in [0.2, 0.25) is 0 Å². The quantitative estimate of drug-likeness (QED) is 0.348. The van der Waals surface area contributed by atoms with Crippen LogP contribution in [0.5, 0.6) is 0 Å². The van der Waals surface area contributed by atoms with E-state index in [0.717, 1.165) is 22.8 Å². The molecule has 0 saturated carbocycles. The van der Waals surface area contributed by atoms with Crippen molar-refractivity contribution in [2.75, 3.05) is 16.5 Å². The molecule has 152 valence electrons. The van der Waals surface area contributed by atoms with Gasteiger partial charge in [-0.05, 0) is 12.1 Å². The van der Waals surface area contributed by atoms with Crippen molar-refractivity contribution in [1.82, 2.24) is 9.13 Å². The first-order valence-electron chi connectivity index (χ1n) is 8.82. The van der Waals surface area contributed by atoms with Crippen LogP contribution < -0.4 is 32.7 Å². The van der Waals surface area contributed by atoms with Gasteiger partial charge in [-0.1, -0.05) is 0 Å². The highest BCUT2D eigenvalue weighted by atomic mass is 16.2. The van der Waals surface area contributed by atoms with E-state index < -0.39 is 11.8 Å². The molecule has 8 N–H and O–H groups in total. The number of hydrogen-bond donors (Lipinski definition) is 4. The van der Waals surface area contributed by atoms with Gasteiger partial charge in [-0.15, -0.1) is 0 Å². The van der Waals surface area contributed by atoms with Gasteiger partial charge in [0.2, 0.25) is 0 Å². The smallest absolute Gasteiger partial charge is 0.296 e. The Bertz CT molecular complexity index is 1010. The topological polar surface area (TPSA) is 179 Å². The highest BCUT2D eigenvalue weighted by molar-refractivity contribution is 6.03. The van der Waals surface area contributed by atoms with Crippen LogP contribution >= 0.6 is 0 Å². The van der Waals surface area contributed by atoms with Crippen LogP contribution in [0, 0.1) is 0 Å². The zero-order valence-electron chi connectivity index (χ0n) is 16.1. The third-order valence-corrected chi connectivity index (χ3v) is 5.27. The number of aliphatic imine (C=N–C) groups is 2. The van der Waals surface area contributed by atoms with E-state index in [4.69, 9.17) is 22.9 Å². The molecule has 2 bridgehead atoms. The maximum Gasteiger partial charge on any atom is 0.296 e. The summed E-state index contributed by atoms with van der Waals surface area (Å²) in [4.78, 5) is 36.2. The van der Waals surface area contributed by atoms with Crippen LogP contribution in [0.3, 0.4) is 0 Å². The van der Waals surface area contributed by atoms with Gasteiger partial charge in [0.05, 0.1) is 42.5 Å². The van der Waals surface area contributed by atoms with Crippen molar-refractivity contribution in [3.8, 4) is 0 Å². The fraction of sp³-hybridized carbons (Fsp3) is 0.294. The fourth-order valence-corrected chi connectivity index (χ4v) is 3.93. The lowest BCUT2D eigenvalue weighted by atomic mass is 10.1. The first-order chi connectivity index (χ1) is 13.7. The summed E-state index contributed by atoms with van der Waals surface area (Å²) in [6, 6.07) is 3.59. The molecule has 2 aromatic rings. The molecule has 0 spiro atoms. The summed E-state index contributed by atoms with van der Waals surface area (Å²) in [5.41, 5.74) is 26.0. The Morgan fingerprint density at radius 3 is 1.52 bits per heavy atom. The number of carbonyl (C=O) groups is 2. The first kappa shape index (κ1) is 18.4. The number of rotatable bonds is 2. The molecule has 4 rings (SSSR count). The molecule has 0 fully saturated rings. The SMILES string of the molecule is Cn1c(C(=O)N=C(N)N)cc2c1CN1CN2Cc2c1cc(C(=O)N=C(N)N)n2C. The van der Waals surface area contributed by atoms with E-state index in [-0.39, 0.29) is 11.9 Å². The van der Waals surface area contributed by atoms with Crippen molar-refractivity contribution >= 4 is 35.1 Å². The second-order valence-corrected chi connectivity index (χ2v) is 7.06. The van der Waals surface area contributed by atoms with E-state index in [1.54, 1.807) is 35.4 Å². The maximum atomic E-state index is 12.3. The van der Waals surface area contributed by atoms with Gasteiger partial charge in [-0.2, -0.15) is 9.98 Å². The average Bonchev–Trinajstić information content (AvgIpc) is 3.13. The number of hydrogen-bond acceptors (Lipinski definition) is 4. The minimum absolute atomic E-state index is 0.276. The molecule has 4 heterocycles. The van der Waals surface area contributed by atoms with Crippen molar-refractivity contribution in [1.29, 1.82) is 0 Å². The Balaban J connectivity index is 1.73. The van der Waals surface area contributed by atoms with Crippen LogP contribution in [0.4, 0.5) is 11.4 Å². The van der Waals surface area contributed by atoms with Gasteiger partial charge >= 0.3 is 0 Å². The molecule has 2 aliphatic heterocycles. The van der Waals surface area contributed by atoms with Crippen molar-refractivity contribution in [3.05, 3.63) is 34.9 Å². The largest absolute Gasteiger partial charge is 0.370 e.